The maximum atomic E-state index is 11.9. The van der Waals surface area contributed by atoms with Gasteiger partial charge >= 0.3 is 0 Å². The van der Waals surface area contributed by atoms with Gasteiger partial charge in [-0.15, -0.1) is 0 Å². The van der Waals surface area contributed by atoms with Crippen LogP contribution in [0.25, 0.3) is 0 Å². The van der Waals surface area contributed by atoms with E-state index in [0.29, 0.717) is 11.4 Å². The van der Waals surface area contributed by atoms with Crippen molar-refractivity contribution in [3.63, 3.8) is 0 Å². The van der Waals surface area contributed by atoms with E-state index in [1.807, 2.05) is 0 Å². The molecule has 0 aromatic heterocycles. The van der Waals surface area contributed by atoms with E-state index in [-0.39, 0.29) is 6.04 Å². The number of halogens is 1. The molecule has 0 bridgehead atoms. The Morgan fingerprint density at radius 3 is 2.56 bits per heavy atom. The number of rotatable bonds is 3. The van der Waals surface area contributed by atoms with Gasteiger partial charge in [0.15, 0.2) is 0 Å². The van der Waals surface area contributed by atoms with Crippen LogP contribution in [0.4, 0.5) is 0 Å². The number of sulfonamides is 1. The molecular formula is C10H13BrN2O2S. The summed E-state index contributed by atoms with van der Waals surface area (Å²) in [4.78, 5) is 0.308. The lowest BCUT2D eigenvalue weighted by atomic mass is 10.3. The number of nitrogens with one attached hydrogen (secondary N) is 2. The first-order valence-corrected chi connectivity index (χ1v) is 7.34. The van der Waals surface area contributed by atoms with Gasteiger partial charge in [-0.2, -0.15) is 0 Å². The lowest BCUT2D eigenvalue weighted by molar-refractivity contribution is 0.560. The standard InChI is InChI=1S/C10H13BrN2O2S/c11-8-1-3-10(4-2-8)16(14,15)13-9-5-6-12-7-9/h1-4,9,12-13H,5-7H2/t9-/m1/s1. The molecule has 1 saturated heterocycles. The minimum Gasteiger partial charge on any atom is -0.315 e. The first-order chi connectivity index (χ1) is 7.58. The molecule has 1 aliphatic heterocycles. The van der Waals surface area contributed by atoms with Crippen molar-refractivity contribution in [2.45, 2.75) is 17.4 Å². The fraction of sp³-hybridized carbons (Fsp3) is 0.400. The molecule has 1 heterocycles. The van der Waals surface area contributed by atoms with E-state index >= 15 is 0 Å². The molecule has 2 N–H and O–H groups in total. The van der Waals surface area contributed by atoms with Crippen LogP contribution in [-0.2, 0) is 10.0 Å². The van der Waals surface area contributed by atoms with E-state index in [4.69, 9.17) is 0 Å². The van der Waals surface area contributed by atoms with Crippen LogP contribution in [-0.4, -0.2) is 27.5 Å². The van der Waals surface area contributed by atoms with E-state index in [2.05, 4.69) is 26.0 Å². The van der Waals surface area contributed by atoms with Crippen LogP contribution < -0.4 is 10.0 Å². The summed E-state index contributed by atoms with van der Waals surface area (Å²) < 4.78 is 27.4. The molecule has 0 spiro atoms. The predicted molar refractivity (Wildman–Crippen MR) is 65.7 cm³/mol. The minimum absolute atomic E-state index is 0.00801. The van der Waals surface area contributed by atoms with Crippen LogP contribution >= 0.6 is 15.9 Å². The summed E-state index contributed by atoms with van der Waals surface area (Å²) in [5.41, 5.74) is 0. The molecule has 0 saturated carbocycles. The Labute approximate surface area is 104 Å². The molecular weight excluding hydrogens is 292 g/mol. The summed E-state index contributed by atoms with van der Waals surface area (Å²) in [5, 5.41) is 3.12. The highest BCUT2D eigenvalue weighted by Crippen LogP contribution is 2.15. The van der Waals surface area contributed by atoms with Gasteiger partial charge in [0.05, 0.1) is 4.90 Å². The maximum Gasteiger partial charge on any atom is 0.240 e. The maximum absolute atomic E-state index is 11.9. The topological polar surface area (TPSA) is 58.2 Å². The minimum atomic E-state index is -3.37. The van der Waals surface area contributed by atoms with Crippen molar-refractivity contribution < 1.29 is 8.42 Å². The van der Waals surface area contributed by atoms with Crippen LogP contribution in [0, 0.1) is 0 Å². The Morgan fingerprint density at radius 2 is 2.00 bits per heavy atom. The highest BCUT2D eigenvalue weighted by molar-refractivity contribution is 9.10. The van der Waals surface area contributed by atoms with Crippen LogP contribution in [0.3, 0.4) is 0 Å². The normalized spacial score (nSPS) is 21.2. The summed E-state index contributed by atoms with van der Waals surface area (Å²) in [6.07, 6.45) is 0.843. The second-order valence-electron chi connectivity index (χ2n) is 3.76. The third kappa shape index (κ3) is 2.82. The van der Waals surface area contributed by atoms with Crippen LogP contribution in [0.5, 0.6) is 0 Å². The van der Waals surface area contributed by atoms with Crippen molar-refractivity contribution in [2.75, 3.05) is 13.1 Å². The van der Waals surface area contributed by atoms with Crippen molar-refractivity contribution in [1.29, 1.82) is 0 Å². The summed E-state index contributed by atoms with van der Waals surface area (Å²) in [6, 6.07) is 6.64. The SMILES string of the molecule is O=S(=O)(N[C@@H]1CCNC1)c1ccc(Br)cc1. The van der Waals surface area contributed by atoms with Gasteiger partial charge in [0.25, 0.3) is 0 Å². The predicted octanol–water partition coefficient (Wildman–Crippen LogP) is 1.09. The molecule has 1 aromatic rings. The second kappa shape index (κ2) is 4.83. The average molecular weight is 305 g/mol. The van der Waals surface area contributed by atoms with Gasteiger partial charge in [-0.05, 0) is 37.2 Å². The van der Waals surface area contributed by atoms with Gasteiger partial charge in [0, 0.05) is 17.1 Å². The molecule has 2 rings (SSSR count). The average Bonchev–Trinajstić information content (AvgIpc) is 2.70. The van der Waals surface area contributed by atoms with E-state index < -0.39 is 10.0 Å². The molecule has 4 nitrogen and oxygen atoms in total. The largest absolute Gasteiger partial charge is 0.315 e. The monoisotopic (exact) mass is 304 g/mol. The fourth-order valence-electron chi connectivity index (χ4n) is 1.66. The Bertz CT molecular complexity index is 452. The quantitative estimate of drug-likeness (QED) is 0.879. The fourth-order valence-corrected chi connectivity index (χ4v) is 3.19. The van der Waals surface area contributed by atoms with E-state index in [0.717, 1.165) is 17.4 Å². The molecule has 0 amide bonds. The summed E-state index contributed by atoms with van der Waals surface area (Å²) >= 11 is 3.28. The lowest BCUT2D eigenvalue weighted by Gasteiger charge is -2.11. The van der Waals surface area contributed by atoms with Gasteiger partial charge in [0.2, 0.25) is 10.0 Å². The number of benzene rings is 1. The van der Waals surface area contributed by atoms with Gasteiger partial charge in [-0.3, -0.25) is 0 Å². The Kier molecular flexibility index (Phi) is 3.63. The van der Waals surface area contributed by atoms with E-state index in [1.165, 1.54) is 0 Å². The zero-order chi connectivity index (χ0) is 11.6. The van der Waals surface area contributed by atoms with Crippen molar-refractivity contribution in [3.05, 3.63) is 28.7 Å². The van der Waals surface area contributed by atoms with E-state index in [1.54, 1.807) is 24.3 Å². The zero-order valence-electron chi connectivity index (χ0n) is 8.61. The highest BCUT2D eigenvalue weighted by Gasteiger charge is 2.22. The molecule has 16 heavy (non-hydrogen) atoms. The smallest absolute Gasteiger partial charge is 0.240 e. The zero-order valence-corrected chi connectivity index (χ0v) is 11.0. The van der Waals surface area contributed by atoms with Gasteiger partial charge in [0.1, 0.15) is 0 Å². The first-order valence-electron chi connectivity index (χ1n) is 5.06. The molecule has 6 heteroatoms. The van der Waals surface area contributed by atoms with Crippen LogP contribution in [0.15, 0.2) is 33.6 Å². The van der Waals surface area contributed by atoms with Crippen LogP contribution in [0.2, 0.25) is 0 Å². The Morgan fingerprint density at radius 1 is 1.31 bits per heavy atom. The van der Waals surface area contributed by atoms with Crippen molar-refractivity contribution >= 4 is 26.0 Å². The summed E-state index contributed by atoms with van der Waals surface area (Å²) in [5.74, 6) is 0. The number of hydrogen-bond donors (Lipinski definition) is 2. The van der Waals surface area contributed by atoms with E-state index in [9.17, 15) is 8.42 Å². The second-order valence-corrected chi connectivity index (χ2v) is 6.39. The Balaban J connectivity index is 2.14. The van der Waals surface area contributed by atoms with Crippen molar-refractivity contribution in [2.24, 2.45) is 0 Å². The van der Waals surface area contributed by atoms with Crippen molar-refractivity contribution in [1.82, 2.24) is 10.0 Å². The van der Waals surface area contributed by atoms with Gasteiger partial charge < -0.3 is 5.32 Å². The summed E-state index contributed by atoms with van der Waals surface area (Å²) in [7, 11) is -3.37. The Hall–Kier alpha value is -0.430. The van der Waals surface area contributed by atoms with Gasteiger partial charge in [-0.25, -0.2) is 13.1 Å². The molecule has 1 atom stereocenters. The summed E-state index contributed by atoms with van der Waals surface area (Å²) in [6.45, 7) is 1.57. The molecule has 0 aliphatic carbocycles. The van der Waals surface area contributed by atoms with Crippen molar-refractivity contribution in [3.8, 4) is 0 Å². The molecule has 0 unspecified atom stereocenters. The third-order valence-electron chi connectivity index (χ3n) is 2.51. The first kappa shape index (κ1) is 12.0. The molecule has 1 aliphatic rings. The molecule has 1 aromatic carbocycles. The highest BCUT2D eigenvalue weighted by atomic mass is 79.9. The van der Waals surface area contributed by atoms with Gasteiger partial charge in [-0.1, -0.05) is 15.9 Å². The third-order valence-corrected chi connectivity index (χ3v) is 4.57. The molecule has 88 valence electrons. The van der Waals surface area contributed by atoms with Crippen LogP contribution in [0.1, 0.15) is 6.42 Å². The lowest BCUT2D eigenvalue weighted by Crippen LogP contribution is -2.36. The number of hydrogen-bond acceptors (Lipinski definition) is 3. The molecule has 1 fully saturated rings. The molecule has 0 radical (unpaired) electrons.